The van der Waals surface area contributed by atoms with Crippen LogP contribution in [0.1, 0.15) is 278 Å². The molecule has 386 valence electrons. The van der Waals surface area contributed by atoms with Gasteiger partial charge in [0, 0.05) is 19.3 Å². The summed E-state index contributed by atoms with van der Waals surface area (Å²) in [6.07, 6.45) is 70.3. The van der Waals surface area contributed by atoms with Crippen LogP contribution in [0.4, 0.5) is 0 Å². The summed E-state index contributed by atoms with van der Waals surface area (Å²) in [6, 6.07) is 0. The summed E-state index contributed by atoms with van der Waals surface area (Å²) in [5, 5.41) is 0. The molecular weight excluding hydrogens is 829 g/mol. The molecule has 0 aliphatic rings. The van der Waals surface area contributed by atoms with Crippen molar-refractivity contribution >= 4 is 17.9 Å². The normalized spacial score (nSPS) is 12.6. The Bertz CT molecular complexity index is 1260. The van der Waals surface area contributed by atoms with Crippen molar-refractivity contribution in [3.63, 3.8) is 0 Å². The van der Waals surface area contributed by atoms with Crippen molar-refractivity contribution in [1.82, 2.24) is 0 Å². The van der Waals surface area contributed by atoms with Crippen LogP contribution in [0.3, 0.4) is 0 Å². The molecule has 0 rings (SSSR count). The number of carbonyl (C=O) groups excluding carboxylic acids is 3. The molecule has 0 saturated heterocycles. The lowest BCUT2D eigenvalue weighted by molar-refractivity contribution is -0.167. The lowest BCUT2D eigenvalue weighted by Gasteiger charge is -2.18. The first kappa shape index (κ1) is 63.8. The third-order valence-electron chi connectivity index (χ3n) is 12.3. The van der Waals surface area contributed by atoms with E-state index < -0.39 is 6.10 Å². The average molecular weight is 936 g/mol. The van der Waals surface area contributed by atoms with Gasteiger partial charge in [-0.15, -0.1) is 0 Å². The SMILES string of the molecule is CCC\C=C/C=C\C=C/C=C\C=C/CCCCCCCC(=O)OC(COC(=O)CCCCCCC/C=C\CCCCC)COC(=O)CCCCCCCCCCCCCCCCCCCCC. The maximum atomic E-state index is 12.8. The Kier molecular flexibility index (Phi) is 52.8. The zero-order valence-corrected chi connectivity index (χ0v) is 44.2. The first-order valence-electron chi connectivity index (χ1n) is 28.5. The number of hydrogen-bond acceptors (Lipinski definition) is 6. The fourth-order valence-corrected chi connectivity index (χ4v) is 8.00. The van der Waals surface area contributed by atoms with Gasteiger partial charge in [-0.1, -0.05) is 267 Å². The van der Waals surface area contributed by atoms with Gasteiger partial charge in [-0.25, -0.2) is 0 Å². The quantitative estimate of drug-likeness (QED) is 0.0199. The molecular formula is C61H106O6. The van der Waals surface area contributed by atoms with Crippen LogP contribution in [-0.4, -0.2) is 37.2 Å². The molecule has 0 heterocycles. The lowest BCUT2D eigenvalue weighted by atomic mass is 10.0. The summed E-state index contributed by atoms with van der Waals surface area (Å²) in [5.74, 6) is -0.912. The summed E-state index contributed by atoms with van der Waals surface area (Å²) in [6.45, 7) is 6.52. The van der Waals surface area contributed by atoms with E-state index in [9.17, 15) is 14.4 Å². The topological polar surface area (TPSA) is 78.9 Å². The van der Waals surface area contributed by atoms with E-state index in [4.69, 9.17) is 14.2 Å². The number of esters is 3. The van der Waals surface area contributed by atoms with Crippen molar-refractivity contribution in [3.05, 3.63) is 72.9 Å². The second-order valence-electron chi connectivity index (χ2n) is 19.0. The molecule has 1 unspecified atom stereocenters. The van der Waals surface area contributed by atoms with Gasteiger partial charge in [-0.3, -0.25) is 14.4 Å². The molecule has 0 saturated carbocycles. The maximum Gasteiger partial charge on any atom is 0.306 e. The summed E-state index contributed by atoms with van der Waals surface area (Å²) < 4.78 is 16.8. The largest absolute Gasteiger partial charge is 0.462 e. The summed E-state index contributed by atoms with van der Waals surface area (Å²) in [5.41, 5.74) is 0. The van der Waals surface area contributed by atoms with Gasteiger partial charge in [-0.2, -0.15) is 0 Å². The van der Waals surface area contributed by atoms with E-state index in [0.717, 1.165) is 89.9 Å². The molecule has 0 aromatic rings. The number of unbranched alkanes of at least 4 members (excludes halogenated alkanes) is 32. The molecule has 6 heteroatoms. The van der Waals surface area contributed by atoms with Crippen molar-refractivity contribution in [1.29, 1.82) is 0 Å². The minimum Gasteiger partial charge on any atom is -0.462 e. The zero-order valence-electron chi connectivity index (χ0n) is 44.2. The van der Waals surface area contributed by atoms with Crippen molar-refractivity contribution < 1.29 is 28.6 Å². The summed E-state index contributed by atoms with van der Waals surface area (Å²) in [4.78, 5) is 38.1. The van der Waals surface area contributed by atoms with E-state index in [1.165, 1.54) is 148 Å². The van der Waals surface area contributed by atoms with Gasteiger partial charge >= 0.3 is 17.9 Å². The summed E-state index contributed by atoms with van der Waals surface area (Å²) in [7, 11) is 0. The molecule has 0 aromatic carbocycles. The average Bonchev–Trinajstić information content (AvgIpc) is 3.33. The minimum absolute atomic E-state index is 0.0865. The molecule has 1 atom stereocenters. The van der Waals surface area contributed by atoms with Crippen LogP contribution in [0.2, 0.25) is 0 Å². The van der Waals surface area contributed by atoms with Crippen molar-refractivity contribution in [2.75, 3.05) is 13.2 Å². The second kappa shape index (κ2) is 55.4. The fraction of sp³-hybridized carbons (Fsp3) is 0.754. The molecule has 0 amide bonds. The Hall–Kier alpha value is -3.15. The fourth-order valence-electron chi connectivity index (χ4n) is 8.00. The van der Waals surface area contributed by atoms with Gasteiger partial charge in [-0.05, 0) is 64.2 Å². The van der Waals surface area contributed by atoms with E-state index >= 15 is 0 Å². The summed E-state index contributed by atoms with van der Waals surface area (Å²) >= 11 is 0. The number of carbonyl (C=O) groups is 3. The van der Waals surface area contributed by atoms with Crippen LogP contribution in [0.15, 0.2) is 72.9 Å². The third-order valence-corrected chi connectivity index (χ3v) is 12.3. The van der Waals surface area contributed by atoms with Crippen LogP contribution in [0.25, 0.3) is 0 Å². The Morgan fingerprint density at radius 2 is 0.582 bits per heavy atom. The molecule has 0 bridgehead atoms. The Labute approximate surface area is 414 Å². The Morgan fingerprint density at radius 1 is 0.299 bits per heavy atom. The highest BCUT2D eigenvalue weighted by molar-refractivity contribution is 5.71. The van der Waals surface area contributed by atoms with Gasteiger partial charge in [0.15, 0.2) is 6.10 Å². The van der Waals surface area contributed by atoms with Crippen LogP contribution in [0.5, 0.6) is 0 Å². The molecule has 0 aliphatic heterocycles. The molecule has 0 N–H and O–H groups in total. The number of rotatable bonds is 51. The maximum absolute atomic E-state index is 12.8. The predicted molar refractivity (Wildman–Crippen MR) is 288 cm³/mol. The Morgan fingerprint density at radius 3 is 0.970 bits per heavy atom. The molecule has 6 nitrogen and oxygen atoms in total. The smallest absolute Gasteiger partial charge is 0.306 e. The molecule has 67 heavy (non-hydrogen) atoms. The number of ether oxygens (including phenoxy) is 3. The lowest BCUT2D eigenvalue weighted by Crippen LogP contribution is -2.30. The highest BCUT2D eigenvalue weighted by Gasteiger charge is 2.19. The highest BCUT2D eigenvalue weighted by atomic mass is 16.6. The van der Waals surface area contributed by atoms with Crippen LogP contribution < -0.4 is 0 Å². The van der Waals surface area contributed by atoms with E-state index in [1.807, 2.05) is 24.3 Å². The minimum atomic E-state index is -0.791. The van der Waals surface area contributed by atoms with E-state index in [2.05, 4.69) is 69.4 Å². The molecule has 0 aromatic heterocycles. The molecule has 0 radical (unpaired) electrons. The van der Waals surface area contributed by atoms with Gasteiger partial charge in [0.25, 0.3) is 0 Å². The predicted octanol–water partition coefficient (Wildman–Crippen LogP) is 19.0. The number of allylic oxidation sites excluding steroid dienone is 12. The van der Waals surface area contributed by atoms with Gasteiger partial charge in [0.1, 0.15) is 13.2 Å². The highest BCUT2D eigenvalue weighted by Crippen LogP contribution is 2.16. The van der Waals surface area contributed by atoms with Crippen LogP contribution in [0, 0.1) is 0 Å². The van der Waals surface area contributed by atoms with Crippen LogP contribution in [-0.2, 0) is 28.6 Å². The molecule has 0 aliphatic carbocycles. The monoisotopic (exact) mass is 935 g/mol. The van der Waals surface area contributed by atoms with E-state index in [0.29, 0.717) is 19.3 Å². The van der Waals surface area contributed by atoms with Gasteiger partial charge in [0.2, 0.25) is 0 Å². The first-order valence-corrected chi connectivity index (χ1v) is 28.5. The van der Waals surface area contributed by atoms with Gasteiger partial charge in [0.05, 0.1) is 0 Å². The Balaban J connectivity index is 4.39. The van der Waals surface area contributed by atoms with Crippen molar-refractivity contribution in [2.45, 2.75) is 284 Å². The van der Waals surface area contributed by atoms with E-state index in [-0.39, 0.29) is 31.1 Å². The number of hydrogen-bond donors (Lipinski definition) is 0. The van der Waals surface area contributed by atoms with Gasteiger partial charge < -0.3 is 14.2 Å². The second-order valence-corrected chi connectivity index (χ2v) is 19.0. The third kappa shape index (κ3) is 53.7. The molecule has 0 fully saturated rings. The zero-order chi connectivity index (χ0) is 48.6. The van der Waals surface area contributed by atoms with Crippen molar-refractivity contribution in [3.8, 4) is 0 Å². The first-order chi connectivity index (χ1) is 33.0. The van der Waals surface area contributed by atoms with Crippen molar-refractivity contribution in [2.24, 2.45) is 0 Å². The standard InChI is InChI=1S/C61H106O6/c1-4-7-10-13-16-19-22-25-27-29-31-33-34-36-39-42-45-48-51-54-60(63)66-57-58(56-65-59(62)53-50-47-44-41-38-24-21-18-15-12-9-6-3)67-61(64)55-52-49-46-43-40-37-35-32-30-28-26-23-20-17-14-11-8-5-2/h11,14,17-18,20-21,23,26,28,30,32,35,58H,4-10,12-13,15-16,19,22,24-25,27,29,31,33-34,36-57H2,1-3H3/b14-11-,20-17-,21-18-,26-23-,30-28-,35-32-. The molecule has 0 spiro atoms. The van der Waals surface area contributed by atoms with Crippen LogP contribution >= 0.6 is 0 Å². The van der Waals surface area contributed by atoms with E-state index in [1.54, 1.807) is 0 Å².